The molecular weight excluding hydrogens is 369 g/mol. The molecule has 102 valence electrons. The standard InChI is InChI=1S/C14H11N3O2.HI/c1-10-5-6-16-9-13(15-14(16)7-10)11-3-2-4-12(8-11)17(18)19;/h2-9H,1H3;1H/p-1. The van der Waals surface area contributed by atoms with Crippen LogP contribution in [0, 0.1) is 17.0 Å². The molecule has 0 bridgehead atoms. The van der Waals surface area contributed by atoms with E-state index in [-0.39, 0.29) is 29.7 Å². The molecule has 1 aromatic carbocycles. The summed E-state index contributed by atoms with van der Waals surface area (Å²) in [6.07, 6.45) is 3.80. The van der Waals surface area contributed by atoms with E-state index < -0.39 is 4.92 Å². The van der Waals surface area contributed by atoms with Gasteiger partial charge in [0.2, 0.25) is 0 Å². The minimum atomic E-state index is -0.399. The first-order chi connectivity index (χ1) is 9.13. The Morgan fingerprint density at radius 2 is 2.05 bits per heavy atom. The Hall–Kier alpha value is -1.96. The summed E-state index contributed by atoms with van der Waals surface area (Å²) in [6.45, 7) is 2.00. The minimum absolute atomic E-state index is 0. The van der Waals surface area contributed by atoms with Crippen LogP contribution >= 0.6 is 0 Å². The number of hydrogen-bond donors (Lipinski definition) is 0. The summed E-state index contributed by atoms with van der Waals surface area (Å²) in [7, 11) is 0. The quantitative estimate of drug-likeness (QED) is 0.363. The van der Waals surface area contributed by atoms with Gasteiger partial charge in [-0.15, -0.1) is 0 Å². The minimum Gasteiger partial charge on any atom is -1.00 e. The van der Waals surface area contributed by atoms with Crippen molar-refractivity contribution in [3.63, 3.8) is 0 Å². The van der Waals surface area contributed by atoms with Crippen molar-refractivity contribution in [3.8, 4) is 11.3 Å². The van der Waals surface area contributed by atoms with Crippen LogP contribution in [0.4, 0.5) is 5.69 Å². The highest BCUT2D eigenvalue weighted by Gasteiger charge is 2.09. The van der Waals surface area contributed by atoms with Crippen molar-refractivity contribution in [2.75, 3.05) is 0 Å². The van der Waals surface area contributed by atoms with E-state index in [2.05, 4.69) is 4.98 Å². The van der Waals surface area contributed by atoms with Gasteiger partial charge in [0.25, 0.3) is 5.69 Å². The number of pyridine rings is 1. The average molecular weight is 380 g/mol. The highest BCUT2D eigenvalue weighted by atomic mass is 127. The first-order valence-electron chi connectivity index (χ1n) is 5.84. The number of benzene rings is 1. The van der Waals surface area contributed by atoms with Gasteiger partial charge in [-0.05, 0) is 24.6 Å². The number of nitro benzene ring substituents is 1. The van der Waals surface area contributed by atoms with Crippen molar-refractivity contribution in [2.24, 2.45) is 0 Å². The van der Waals surface area contributed by atoms with Crippen molar-refractivity contribution < 1.29 is 28.9 Å². The molecule has 0 aliphatic rings. The molecule has 0 saturated heterocycles. The van der Waals surface area contributed by atoms with Crippen molar-refractivity contribution in [2.45, 2.75) is 6.92 Å². The van der Waals surface area contributed by atoms with Crippen LogP contribution in [0.1, 0.15) is 5.56 Å². The summed E-state index contributed by atoms with van der Waals surface area (Å²) in [5, 5.41) is 10.8. The summed E-state index contributed by atoms with van der Waals surface area (Å²) in [4.78, 5) is 14.9. The molecule has 0 fully saturated rings. The van der Waals surface area contributed by atoms with Gasteiger partial charge in [0.1, 0.15) is 5.65 Å². The van der Waals surface area contributed by atoms with E-state index in [1.54, 1.807) is 6.07 Å². The Bertz CT molecular complexity index is 783. The van der Waals surface area contributed by atoms with Gasteiger partial charge < -0.3 is 28.4 Å². The van der Waals surface area contributed by atoms with Crippen LogP contribution in [0.25, 0.3) is 16.9 Å². The summed E-state index contributed by atoms with van der Waals surface area (Å²) in [5.41, 5.74) is 3.51. The lowest BCUT2D eigenvalue weighted by Crippen LogP contribution is -3.00. The number of imidazole rings is 1. The molecule has 0 aliphatic heterocycles. The maximum absolute atomic E-state index is 10.8. The van der Waals surface area contributed by atoms with Crippen LogP contribution in [-0.2, 0) is 0 Å². The first-order valence-corrected chi connectivity index (χ1v) is 5.84. The molecule has 2 heterocycles. The zero-order chi connectivity index (χ0) is 13.4. The Labute approximate surface area is 132 Å². The predicted molar refractivity (Wildman–Crippen MR) is 72.0 cm³/mol. The molecule has 2 aromatic heterocycles. The van der Waals surface area contributed by atoms with E-state index in [4.69, 9.17) is 0 Å². The number of fused-ring (bicyclic) bond motifs is 1. The van der Waals surface area contributed by atoms with Crippen LogP contribution in [0.15, 0.2) is 48.8 Å². The number of nitro groups is 1. The molecule has 0 N–H and O–H groups in total. The Kier molecular flexibility index (Phi) is 4.03. The molecule has 0 atom stereocenters. The second kappa shape index (κ2) is 5.58. The third-order valence-corrected chi connectivity index (χ3v) is 2.97. The lowest BCUT2D eigenvalue weighted by atomic mass is 10.1. The fraction of sp³-hybridized carbons (Fsp3) is 0.0714. The topological polar surface area (TPSA) is 60.4 Å². The van der Waals surface area contributed by atoms with Crippen LogP contribution in [-0.4, -0.2) is 14.3 Å². The van der Waals surface area contributed by atoms with Gasteiger partial charge >= 0.3 is 0 Å². The van der Waals surface area contributed by atoms with E-state index in [0.29, 0.717) is 0 Å². The number of halogens is 1. The van der Waals surface area contributed by atoms with Gasteiger partial charge in [-0.1, -0.05) is 12.1 Å². The van der Waals surface area contributed by atoms with Gasteiger partial charge in [0.05, 0.1) is 10.6 Å². The largest absolute Gasteiger partial charge is 1.00 e. The number of nitrogens with zero attached hydrogens (tertiary/aromatic N) is 3. The maximum Gasteiger partial charge on any atom is 0.270 e. The molecule has 0 unspecified atom stereocenters. The van der Waals surface area contributed by atoms with Crippen LogP contribution in [0.2, 0.25) is 0 Å². The Balaban J connectivity index is 0.00000147. The Morgan fingerprint density at radius 1 is 1.25 bits per heavy atom. The number of non-ortho nitro benzene ring substituents is 1. The molecular formula is C14H11IN3O2-. The molecule has 0 amide bonds. The predicted octanol–water partition coefficient (Wildman–Crippen LogP) is 0.222. The third kappa shape index (κ3) is 2.64. The van der Waals surface area contributed by atoms with Crippen LogP contribution in [0.5, 0.6) is 0 Å². The highest BCUT2D eigenvalue weighted by Crippen LogP contribution is 2.23. The lowest BCUT2D eigenvalue weighted by Gasteiger charge is -1.95. The summed E-state index contributed by atoms with van der Waals surface area (Å²) in [6, 6.07) is 10.5. The fourth-order valence-electron chi connectivity index (χ4n) is 2.00. The molecule has 0 spiro atoms. The zero-order valence-corrected chi connectivity index (χ0v) is 12.8. The van der Waals surface area contributed by atoms with Crippen molar-refractivity contribution in [1.82, 2.24) is 9.38 Å². The molecule has 5 nitrogen and oxygen atoms in total. The average Bonchev–Trinajstić information content (AvgIpc) is 2.81. The van der Waals surface area contributed by atoms with Gasteiger partial charge in [-0.3, -0.25) is 10.1 Å². The normalized spacial score (nSPS) is 10.2. The SMILES string of the molecule is Cc1ccn2cc(-c3cccc([N+](=O)[O-])c3)nc2c1.[I-]. The van der Waals surface area contributed by atoms with E-state index in [0.717, 1.165) is 22.5 Å². The van der Waals surface area contributed by atoms with Crippen molar-refractivity contribution >= 4 is 11.3 Å². The molecule has 3 aromatic rings. The second-order valence-corrected chi connectivity index (χ2v) is 4.40. The third-order valence-electron chi connectivity index (χ3n) is 2.97. The van der Waals surface area contributed by atoms with Gasteiger partial charge in [-0.2, -0.15) is 0 Å². The van der Waals surface area contributed by atoms with Crippen molar-refractivity contribution in [1.29, 1.82) is 0 Å². The van der Waals surface area contributed by atoms with Gasteiger partial charge in [0.15, 0.2) is 0 Å². The molecule has 0 aliphatic carbocycles. The monoisotopic (exact) mass is 380 g/mol. The highest BCUT2D eigenvalue weighted by molar-refractivity contribution is 5.65. The van der Waals surface area contributed by atoms with E-state index in [1.807, 2.05) is 41.9 Å². The fourth-order valence-corrected chi connectivity index (χ4v) is 2.00. The zero-order valence-electron chi connectivity index (χ0n) is 10.7. The van der Waals surface area contributed by atoms with E-state index >= 15 is 0 Å². The lowest BCUT2D eigenvalue weighted by molar-refractivity contribution is -0.384. The molecule has 0 saturated carbocycles. The van der Waals surface area contributed by atoms with Crippen LogP contribution < -0.4 is 24.0 Å². The summed E-state index contributed by atoms with van der Waals surface area (Å²) in [5.74, 6) is 0. The van der Waals surface area contributed by atoms with Gasteiger partial charge in [-0.25, -0.2) is 4.98 Å². The van der Waals surface area contributed by atoms with E-state index in [9.17, 15) is 10.1 Å². The number of aromatic nitrogens is 2. The summed E-state index contributed by atoms with van der Waals surface area (Å²) >= 11 is 0. The van der Waals surface area contributed by atoms with E-state index in [1.165, 1.54) is 12.1 Å². The molecule has 20 heavy (non-hydrogen) atoms. The maximum atomic E-state index is 10.8. The van der Waals surface area contributed by atoms with Gasteiger partial charge in [0, 0.05) is 30.1 Å². The Morgan fingerprint density at radius 3 is 2.80 bits per heavy atom. The molecule has 3 rings (SSSR count). The smallest absolute Gasteiger partial charge is 0.270 e. The number of hydrogen-bond acceptors (Lipinski definition) is 3. The number of aryl methyl sites for hydroxylation is 1. The molecule has 0 radical (unpaired) electrons. The number of rotatable bonds is 2. The second-order valence-electron chi connectivity index (χ2n) is 4.40. The molecule has 6 heteroatoms. The summed E-state index contributed by atoms with van der Waals surface area (Å²) < 4.78 is 1.90. The van der Waals surface area contributed by atoms with Crippen molar-refractivity contribution in [3.05, 3.63) is 64.5 Å². The van der Waals surface area contributed by atoms with Crippen LogP contribution in [0.3, 0.4) is 0 Å². The first kappa shape index (κ1) is 14.4.